The largest absolute Gasteiger partial charge is 0.490 e. The Kier molecular flexibility index (Phi) is 6.26. The highest BCUT2D eigenvalue weighted by Gasteiger charge is 2.30. The summed E-state index contributed by atoms with van der Waals surface area (Å²) < 4.78 is 43.7. The van der Waals surface area contributed by atoms with Gasteiger partial charge in [0.1, 0.15) is 12.4 Å². The molecule has 0 fully saturated rings. The maximum atomic E-state index is 12.7. The number of amides is 2. The number of nitrogens with one attached hydrogen (secondary N) is 3. The molecule has 0 spiro atoms. The van der Waals surface area contributed by atoms with Gasteiger partial charge in [-0.3, -0.25) is 9.59 Å². The molecule has 3 rings (SSSR count). The molecule has 2 aromatic carbocycles. The number of rotatable bonds is 5. The summed E-state index contributed by atoms with van der Waals surface area (Å²) in [6.45, 7) is 1.39. The fraction of sp³-hybridized carbons (Fsp3) is 0.300. The van der Waals surface area contributed by atoms with Crippen LogP contribution >= 0.6 is 0 Å². The zero-order chi connectivity index (χ0) is 20.9. The third-order valence-electron chi connectivity index (χ3n) is 4.33. The standard InChI is InChI=1S/C20H20F3N3O3/c21-20(22,23)15-3-1-2-14(10-15)12-26-19(28)18(27)25-7-6-13-4-5-16-17(11-13)29-9-8-24-16/h1-5,10-11,24H,6-9,12H2,(H,25,27)(H,26,28). The van der Waals surface area contributed by atoms with E-state index in [0.29, 0.717) is 13.0 Å². The lowest BCUT2D eigenvalue weighted by Crippen LogP contribution is -2.40. The van der Waals surface area contributed by atoms with Crippen molar-refractivity contribution in [3.8, 4) is 5.75 Å². The van der Waals surface area contributed by atoms with Crippen LogP contribution in [0.4, 0.5) is 18.9 Å². The Hall–Kier alpha value is -3.23. The van der Waals surface area contributed by atoms with Crippen LogP contribution in [0.2, 0.25) is 0 Å². The van der Waals surface area contributed by atoms with E-state index in [-0.39, 0.29) is 18.7 Å². The van der Waals surface area contributed by atoms with Crippen LogP contribution in [0.5, 0.6) is 5.75 Å². The van der Waals surface area contributed by atoms with Gasteiger partial charge in [-0.2, -0.15) is 13.2 Å². The molecule has 3 N–H and O–H groups in total. The van der Waals surface area contributed by atoms with Gasteiger partial charge >= 0.3 is 18.0 Å². The van der Waals surface area contributed by atoms with E-state index in [1.165, 1.54) is 12.1 Å². The Balaban J connectivity index is 1.44. The van der Waals surface area contributed by atoms with Gasteiger partial charge in [0.05, 0.1) is 11.3 Å². The quantitative estimate of drug-likeness (QED) is 0.666. The van der Waals surface area contributed by atoms with E-state index >= 15 is 0 Å². The monoisotopic (exact) mass is 407 g/mol. The van der Waals surface area contributed by atoms with Gasteiger partial charge in [0.15, 0.2) is 0 Å². The van der Waals surface area contributed by atoms with Gasteiger partial charge in [0.25, 0.3) is 0 Å². The molecule has 0 bridgehead atoms. The molecule has 29 heavy (non-hydrogen) atoms. The first kappa shape index (κ1) is 20.5. The zero-order valence-corrected chi connectivity index (χ0v) is 15.4. The Morgan fingerprint density at radius 1 is 1.03 bits per heavy atom. The molecule has 2 amide bonds. The molecule has 0 saturated carbocycles. The van der Waals surface area contributed by atoms with Crippen LogP contribution in [0.15, 0.2) is 42.5 Å². The fourth-order valence-electron chi connectivity index (χ4n) is 2.86. The second kappa shape index (κ2) is 8.85. The van der Waals surface area contributed by atoms with E-state index in [1.807, 2.05) is 18.2 Å². The van der Waals surface area contributed by atoms with Gasteiger partial charge in [-0.1, -0.05) is 18.2 Å². The van der Waals surface area contributed by atoms with Crippen LogP contribution in [0.1, 0.15) is 16.7 Å². The van der Waals surface area contributed by atoms with Gasteiger partial charge in [0, 0.05) is 19.6 Å². The van der Waals surface area contributed by atoms with E-state index in [2.05, 4.69) is 16.0 Å². The number of anilines is 1. The summed E-state index contributed by atoms with van der Waals surface area (Å²) in [4.78, 5) is 23.7. The van der Waals surface area contributed by atoms with Crippen molar-refractivity contribution in [2.45, 2.75) is 19.1 Å². The highest BCUT2D eigenvalue weighted by atomic mass is 19.4. The maximum Gasteiger partial charge on any atom is 0.416 e. The number of benzene rings is 2. The molecule has 1 aliphatic rings. The molecule has 0 unspecified atom stereocenters. The van der Waals surface area contributed by atoms with E-state index in [4.69, 9.17) is 4.74 Å². The SMILES string of the molecule is O=C(NCCc1ccc2c(c1)OCCN2)C(=O)NCc1cccc(C(F)(F)F)c1. The topological polar surface area (TPSA) is 79.5 Å². The van der Waals surface area contributed by atoms with Crippen molar-refractivity contribution in [1.82, 2.24) is 10.6 Å². The summed E-state index contributed by atoms with van der Waals surface area (Å²) in [5.74, 6) is -0.993. The molecular formula is C20H20F3N3O3. The minimum Gasteiger partial charge on any atom is -0.490 e. The molecular weight excluding hydrogens is 387 g/mol. The number of carbonyl (C=O) groups is 2. The van der Waals surface area contributed by atoms with Gasteiger partial charge in [-0.05, 0) is 41.8 Å². The molecule has 0 aromatic heterocycles. The predicted molar refractivity (Wildman–Crippen MR) is 100 cm³/mol. The van der Waals surface area contributed by atoms with Crippen LogP contribution in [0, 0.1) is 0 Å². The lowest BCUT2D eigenvalue weighted by Gasteiger charge is -2.19. The molecule has 6 nitrogen and oxygen atoms in total. The Morgan fingerprint density at radius 2 is 1.83 bits per heavy atom. The van der Waals surface area contributed by atoms with Crippen molar-refractivity contribution in [1.29, 1.82) is 0 Å². The van der Waals surface area contributed by atoms with Gasteiger partial charge in [-0.15, -0.1) is 0 Å². The number of fused-ring (bicyclic) bond motifs is 1. The molecule has 1 aliphatic heterocycles. The van der Waals surface area contributed by atoms with Gasteiger partial charge in [-0.25, -0.2) is 0 Å². The maximum absolute atomic E-state index is 12.7. The summed E-state index contributed by atoms with van der Waals surface area (Å²) in [5.41, 5.74) is 1.30. The van der Waals surface area contributed by atoms with E-state index in [0.717, 1.165) is 35.7 Å². The first-order chi connectivity index (χ1) is 13.8. The van der Waals surface area contributed by atoms with Crippen molar-refractivity contribution < 1.29 is 27.5 Å². The third kappa shape index (κ3) is 5.63. The number of ether oxygens (including phenoxy) is 1. The van der Waals surface area contributed by atoms with Crippen LogP contribution in [-0.2, 0) is 28.7 Å². The molecule has 9 heteroatoms. The average molecular weight is 407 g/mol. The summed E-state index contributed by atoms with van der Waals surface area (Å²) in [6.07, 6.45) is -3.96. The van der Waals surface area contributed by atoms with Crippen LogP contribution in [0.25, 0.3) is 0 Å². The lowest BCUT2D eigenvalue weighted by atomic mass is 10.1. The zero-order valence-electron chi connectivity index (χ0n) is 15.4. The van der Waals surface area contributed by atoms with Crippen molar-refractivity contribution in [3.05, 3.63) is 59.2 Å². The van der Waals surface area contributed by atoms with Crippen molar-refractivity contribution in [2.24, 2.45) is 0 Å². The summed E-state index contributed by atoms with van der Waals surface area (Å²) >= 11 is 0. The Morgan fingerprint density at radius 3 is 2.62 bits per heavy atom. The second-order valence-corrected chi connectivity index (χ2v) is 6.49. The first-order valence-corrected chi connectivity index (χ1v) is 9.05. The normalized spacial score (nSPS) is 12.9. The molecule has 0 atom stereocenters. The number of alkyl halides is 3. The van der Waals surface area contributed by atoms with E-state index < -0.39 is 23.6 Å². The summed E-state index contributed by atoms with van der Waals surface area (Å²) in [6, 6.07) is 10.3. The number of hydrogen-bond acceptors (Lipinski definition) is 4. The Labute approximate surface area is 165 Å². The molecule has 0 saturated heterocycles. The highest BCUT2D eigenvalue weighted by molar-refractivity contribution is 6.35. The minimum atomic E-state index is -4.46. The molecule has 154 valence electrons. The second-order valence-electron chi connectivity index (χ2n) is 6.49. The number of halogens is 3. The molecule has 0 aliphatic carbocycles. The van der Waals surface area contributed by atoms with Crippen molar-refractivity contribution in [3.63, 3.8) is 0 Å². The van der Waals surface area contributed by atoms with Crippen LogP contribution in [0.3, 0.4) is 0 Å². The molecule has 1 heterocycles. The fourth-order valence-corrected chi connectivity index (χ4v) is 2.86. The van der Waals surface area contributed by atoms with Crippen LogP contribution < -0.4 is 20.7 Å². The Bertz CT molecular complexity index is 900. The highest BCUT2D eigenvalue weighted by Crippen LogP contribution is 2.29. The molecule has 0 radical (unpaired) electrons. The average Bonchev–Trinajstić information content (AvgIpc) is 2.71. The van der Waals surface area contributed by atoms with Crippen molar-refractivity contribution in [2.75, 3.05) is 25.0 Å². The third-order valence-corrected chi connectivity index (χ3v) is 4.33. The predicted octanol–water partition coefficient (Wildman–Crippen LogP) is 2.48. The van der Waals surface area contributed by atoms with E-state index in [1.54, 1.807) is 0 Å². The van der Waals surface area contributed by atoms with Gasteiger partial charge < -0.3 is 20.7 Å². The van der Waals surface area contributed by atoms with Gasteiger partial charge in [0.2, 0.25) is 0 Å². The van der Waals surface area contributed by atoms with Crippen LogP contribution in [-0.4, -0.2) is 31.5 Å². The minimum absolute atomic E-state index is 0.175. The smallest absolute Gasteiger partial charge is 0.416 e. The van der Waals surface area contributed by atoms with Crippen molar-refractivity contribution >= 4 is 17.5 Å². The lowest BCUT2D eigenvalue weighted by molar-refractivity contribution is -0.139. The number of hydrogen-bond donors (Lipinski definition) is 3. The van der Waals surface area contributed by atoms with E-state index in [9.17, 15) is 22.8 Å². The number of carbonyl (C=O) groups excluding carboxylic acids is 2. The summed E-state index contributed by atoms with van der Waals surface area (Å²) in [7, 11) is 0. The summed E-state index contributed by atoms with van der Waals surface area (Å²) in [5, 5.41) is 8.02. The molecule has 2 aromatic rings. The first-order valence-electron chi connectivity index (χ1n) is 9.05.